The van der Waals surface area contributed by atoms with Crippen LogP contribution in [0.15, 0.2) is 18.2 Å². The minimum atomic E-state index is -0.129. The zero-order chi connectivity index (χ0) is 16.8. The van der Waals surface area contributed by atoms with Gasteiger partial charge in [0.05, 0.1) is 28.8 Å². The van der Waals surface area contributed by atoms with Crippen LogP contribution in [0.2, 0.25) is 10.0 Å². The first-order chi connectivity index (χ1) is 11.5. The lowest BCUT2D eigenvalue weighted by Crippen LogP contribution is -2.39. The van der Waals surface area contributed by atoms with Crippen molar-refractivity contribution in [1.29, 1.82) is 0 Å². The molecule has 1 aromatic carbocycles. The Morgan fingerprint density at radius 3 is 2.83 bits per heavy atom. The summed E-state index contributed by atoms with van der Waals surface area (Å²) in [4.78, 5) is 26.6. The molecular formula is C16H14Cl2N4O2. The summed E-state index contributed by atoms with van der Waals surface area (Å²) >= 11 is 11.9. The molecule has 0 bridgehead atoms. The van der Waals surface area contributed by atoms with E-state index < -0.39 is 0 Å². The van der Waals surface area contributed by atoms with Crippen LogP contribution in [0.3, 0.4) is 0 Å². The van der Waals surface area contributed by atoms with Gasteiger partial charge in [0.25, 0.3) is 11.8 Å². The van der Waals surface area contributed by atoms with Crippen LogP contribution in [0.1, 0.15) is 32.1 Å². The third-order valence-electron chi connectivity index (χ3n) is 4.38. The van der Waals surface area contributed by atoms with E-state index in [0.29, 0.717) is 53.9 Å². The van der Waals surface area contributed by atoms with Gasteiger partial charge in [0.1, 0.15) is 5.69 Å². The molecule has 4 rings (SSSR count). The number of rotatable bonds is 1. The van der Waals surface area contributed by atoms with Gasteiger partial charge in [-0.25, -0.2) is 0 Å². The lowest BCUT2D eigenvalue weighted by molar-refractivity contribution is 0.0731. The van der Waals surface area contributed by atoms with E-state index in [2.05, 4.69) is 10.4 Å². The third-order valence-corrected chi connectivity index (χ3v) is 5.12. The van der Waals surface area contributed by atoms with E-state index in [-0.39, 0.29) is 11.8 Å². The first kappa shape index (κ1) is 15.5. The van der Waals surface area contributed by atoms with E-state index >= 15 is 0 Å². The van der Waals surface area contributed by atoms with Gasteiger partial charge in [-0.05, 0) is 18.2 Å². The molecule has 2 amide bonds. The SMILES string of the molecule is O=C1NCCn2nc3c(c21)CN(C(=O)c1ccc(Cl)c(Cl)c1)CC3. The monoisotopic (exact) mass is 364 g/mol. The molecule has 124 valence electrons. The van der Waals surface area contributed by atoms with Gasteiger partial charge in [0.15, 0.2) is 0 Å². The topological polar surface area (TPSA) is 67.2 Å². The summed E-state index contributed by atoms with van der Waals surface area (Å²) < 4.78 is 1.75. The van der Waals surface area contributed by atoms with Crippen molar-refractivity contribution in [2.75, 3.05) is 13.1 Å². The molecule has 0 saturated carbocycles. The minimum Gasteiger partial charge on any atom is -0.349 e. The predicted molar refractivity (Wildman–Crippen MR) is 89.5 cm³/mol. The number of benzene rings is 1. The minimum absolute atomic E-state index is 0.126. The summed E-state index contributed by atoms with van der Waals surface area (Å²) in [6.07, 6.45) is 0.635. The summed E-state index contributed by atoms with van der Waals surface area (Å²) in [5.74, 6) is -0.255. The van der Waals surface area contributed by atoms with Crippen LogP contribution in [0.5, 0.6) is 0 Å². The van der Waals surface area contributed by atoms with Crippen LogP contribution >= 0.6 is 23.2 Å². The molecule has 0 aliphatic carbocycles. The lowest BCUT2D eigenvalue weighted by Gasteiger charge is -2.27. The summed E-state index contributed by atoms with van der Waals surface area (Å²) in [6, 6.07) is 4.84. The van der Waals surface area contributed by atoms with Gasteiger partial charge in [-0.2, -0.15) is 5.10 Å². The Morgan fingerprint density at radius 1 is 1.21 bits per heavy atom. The Kier molecular flexibility index (Phi) is 3.73. The first-order valence-electron chi connectivity index (χ1n) is 7.65. The highest BCUT2D eigenvalue weighted by Gasteiger charge is 2.31. The Balaban J connectivity index is 1.64. The second-order valence-electron chi connectivity index (χ2n) is 5.86. The van der Waals surface area contributed by atoms with Gasteiger partial charge in [-0.3, -0.25) is 14.3 Å². The molecule has 2 aliphatic rings. The van der Waals surface area contributed by atoms with Crippen molar-refractivity contribution in [1.82, 2.24) is 20.0 Å². The van der Waals surface area contributed by atoms with Crippen LogP contribution in [-0.4, -0.2) is 39.6 Å². The zero-order valence-electron chi connectivity index (χ0n) is 12.7. The highest BCUT2D eigenvalue weighted by Crippen LogP contribution is 2.27. The van der Waals surface area contributed by atoms with Gasteiger partial charge in [-0.15, -0.1) is 0 Å². The zero-order valence-corrected chi connectivity index (χ0v) is 14.2. The molecule has 0 atom stereocenters. The van der Waals surface area contributed by atoms with Crippen molar-refractivity contribution in [2.24, 2.45) is 0 Å². The summed E-state index contributed by atoms with van der Waals surface area (Å²) in [7, 11) is 0. The number of fused-ring (bicyclic) bond motifs is 3. The Bertz CT molecular complexity index is 862. The molecular weight excluding hydrogens is 351 g/mol. The molecule has 3 heterocycles. The molecule has 6 nitrogen and oxygen atoms in total. The highest BCUT2D eigenvalue weighted by molar-refractivity contribution is 6.42. The number of aromatic nitrogens is 2. The Morgan fingerprint density at radius 2 is 2.04 bits per heavy atom. The molecule has 0 radical (unpaired) electrons. The number of nitrogens with one attached hydrogen (secondary N) is 1. The molecule has 0 fully saturated rings. The van der Waals surface area contributed by atoms with Crippen LogP contribution in [0.25, 0.3) is 0 Å². The van der Waals surface area contributed by atoms with Gasteiger partial charge >= 0.3 is 0 Å². The fraction of sp³-hybridized carbons (Fsp3) is 0.312. The fourth-order valence-corrected chi connectivity index (χ4v) is 3.48. The number of hydrogen-bond donors (Lipinski definition) is 1. The largest absolute Gasteiger partial charge is 0.349 e. The van der Waals surface area contributed by atoms with E-state index in [0.717, 1.165) is 11.3 Å². The van der Waals surface area contributed by atoms with E-state index in [9.17, 15) is 9.59 Å². The number of carbonyl (C=O) groups is 2. The molecule has 8 heteroatoms. The molecule has 0 saturated heterocycles. The number of amides is 2. The Hall–Kier alpha value is -2.05. The summed E-state index contributed by atoms with van der Waals surface area (Å²) in [5.41, 5.74) is 2.80. The van der Waals surface area contributed by atoms with Crippen LogP contribution < -0.4 is 5.32 Å². The molecule has 2 aromatic rings. The van der Waals surface area contributed by atoms with Crippen molar-refractivity contribution in [2.45, 2.75) is 19.5 Å². The molecule has 24 heavy (non-hydrogen) atoms. The summed E-state index contributed by atoms with van der Waals surface area (Å²) in [6.45, 7) is 2.18. The molecule has 0 spiro atoms. The van der Waals surface area contributed by atoms with Gasteiger partial charge in [0, 0.05) is 30.6 Å². The van der Waals surface area contributed by atoms with E-state index in [1.807, 2.05) is 0 Å². The third kappa shape index (κ3) is 2.46. The van der Waals surface area contributed by atoms with Gasteiger partial charge in [-0.1, -0.05) is 23.2 Å². The van der Waals surface area contributed by atoms with Crippen LogP contribution in [-0.2, 0) is 19.5 Å². The molecule has 2 aliphatic heterocycles. The fourth-order valence-electron chi connectivity index (χ4n) is 3.19. The molecule has 0 unspecified atom stereocenters. The van der Waals surface area contributed by atoms with E-state index in [1.165, 1.54) is 0 Å². The van der Waals surface area contributed by atoms with Crippen LogP contribution in [0, 0.1) is 0 Å². The predicted octanol–water partition coefficient (Wildman–Crippen LogP) is 2.13. The van der Waals surface area contributed by atoms with Crippen molar-refractivity contribution in [3.63, 3.8) is 0 Å². The van der Waals surface area contributed by atoms with Gasteiger partial charge < -0.3 is 10.2 Å². The van der Waals surface area contributed by atoms with Crippen molar-refractivity contribution in [3.05, 3.63) is 50.8 Å². The second-order valence-corrected chi connectivity index (χ2v) is 6.67. The van der Waals surface area contributed by atoms with Crippen molar-refractivity contribution < 1.29 is 9.59 Å². The second kappa shape index (κ2) is 5.79. The number of halogens is 2. The Labute approximate surface area is 148 Å². The van der Waals surface area contributed by atoms with Crippen LogP contribution in [0.4, 0.5) is 0 Å². The lowest BCUT2D eigenvalue weighted by atomic mass is 10.0. The normalized spacial score (nSPS) is 16.4. The smallest absolute Gasteiger partial charge is 0.269 e. The average Bonchev–Trinajstić information content (AvgIpc) is 2.95. The highest BCUT2D eigenvalue weighted by atomic mass is 35.5. The maximum absolute atomic E-state index is 12.7. The molecule has 1 N–H and O–H groups in total. The quantitative estimate of drug-likeness (QED) is 0.842. The van der Waals surface area contributed by atoms with Gasteiger partial charge in [0.2, 0.25) is 0 Å². The average molecular weight is 365 g/mol. The number of nitrogens with zero attached hydrogens (tertiary/aromatic N) is 3. The van der Waals surface area contributed by atoms with E-state index in [4.69, 9.17) is 23.2 Å². The maximum Gasteiger partial charge on any atom is 0.269 e. The maximum atomic E-state index is 12.7. The standard InChI is InChI=1S/C16H14Cl2N4O2/c17-11-2-1-9(7-12(11)18)16(24)21-5-3-13-10(8-21)14-15(23)19-4-6-22(14)20-13/h1-2,7H,3-6,8H2,(H,19,23). The van der Waals surface area contributed by atoms with E-state index in [1.54, 1.807) is 27.8 Å². The first-order valence-corrected chi connectivity index (χ1v) is 8.41. The molecule has 1 aromatic heterocycles. The van der Waals surface area contributed by atoms with Crippen molar-refractivity contribution in [3.8, 4) is 0 Å². The number of carbonyl (C=O) groups excluding carboxylic acids is 2. The summed E-state index contributed by atoms with van der Waals surface area (Å²) in [5, 5.41) is 8.10. The number of hydrogen-bond acceptors (Lipinski definition) is 3. The van der Waals surface area contributed by atoms with Crippen molar-refractivity contribution >= 4 is 35.0 Å².